The highest BCUT2D eigenvalue weighted by Crippen LogP contribution is 2.52. The summed E-state index contributed by atoms with van der Waals surface area (Å²) in [5.74, 6) is 5.10. The molecule has 0 aromatic heterocycles. The number of para-hydroxylation sites is 1. The Hall–Kier alpha value is -6.68. The molecule has 0 saturated heterocycles. The smallest absolute Gasteiger partial charge is 0.0485 e. The SMILES string of the molecule is C=C/C=C\C=C/c1c2ccccc2c(-c2ccccc2C=C)c2cc3c(cc12)-c1ccccc1C3(C)C.C=c1cccc/c1=C/N.NNc1ccccc1. The third-order valence-electron chi connectivity index (χ3n) is 10.0. The van der Waals surface area contributed by atoms with Gasteiger partial charge >= 0.3 is 0 Å². The average Bonchev–Trinajstić information content (AvgIpc) is 3.44. The van der Waals surface area contributed by atoms with Gasteiger partial charge in [-0.05, 0) is 101 Å². The van der Waals surface area contributed by atoms with Crippen molar-refractivity contribution < 1.29 is 0 Å². The van der Waals surface area contributed by atoms with Crippen LogP contribution in [0.4, 0.5) is 5.69 Å². The Labute approximate surface area is 319 Å². The van der Waals surface area contributed by atoms with Crippen LogP contribution in [0.25, 0.3) is 68.7 Å². The van der Waals surface area contributed by atoms with Crippen LogP contribution in [0.3, 0.4) is 0 Å². The lowest BCUT2D eigenvalue weighted by Gasteiger charge is -2.23. The van der Waals surface area contributed by atoms with Crippen molar-refractivity contribution in [3.8, 4) is 22.3 Å². The number of nitrogens with one attached hydrogen (secondary N) is 1. The van der Waals surface area contributed by atoms with E-state index in [0.717, 1.165) is 21.7 Å². The molecule has 1 aliphatic carbocycles. The van der Waals surface area contributed by atoms with Crippen LogP contribution < -0.4 is 27.4 Å². The maximum atomic E-state index is 5.29. The van der Waals surface area contributed by atoms with Gasteiger partial charge in [0.15, 0.2) is 0 Å². The molecule has 8 rings (SSSR count). The number of hydrogen-bond donors (Lipinski definition) is 3. The van der Waals surface area contributed by atoms with E-state index >= 15 is 0 Å². The zero-order valence-electron chi connectivity index (χ0n) is 31.1. The van der Waals surface area contributed by atoms with E-state index in [0.29, 0.717) is 0 Å². The summed E-state index contributed by atoms with van der Waals surface area (Å²) in [7, 11) is 0. The number of fused-ring (bicyclic) bond motifs is 5. The highest BCUT2D eigenvalue weighted by atomic mass is 15.2. The van der Waals surface area contributed by atoms with E-state index < -0.39 is 0 Å². The van der Waals surface area contributed by atoms with E-state index in [1.165, 1.54) is 60.5 Å². The highest BCUT2D eigenvalue weighted by molar-refractivity contribution is 6.19. The first-order chi connectivity index (χ1) is 26.3. The third kappa shape index (κ3) is 7.45. The van der Waals surface area contributed by atoms with Crippen LogP contribution in [0.2, 0.25) is 0 Å². The Bertz CT molecular complexity index is 2630. The minimum Gasteiger partial charge on any atom is -0.404 e. The number of anilines is 1. The van der Waals surface area contributed by atoms with Gasteiger partial charge in [-0.15, -0.1) is 0 Å². The van der Waals surface area contributed by atoms with Crippen LogP contribution in [-0.2, 0) is 5.41 Å². The predicted octanol–water partition coefficient (Wildman–Crippen LogP) is 11.1. The molecular weight excluding hydrogens is 655 g/mol. The van der Waals surface area contributed by atoms with Gasteiger partial charge in [0.25, 0.3) is 0 Å². The van der Waals surface area contributed by atoms with Crippen molar-refractivity contribution in [3.05, 3.63) is 210 Å². The van der Waals surface area contributed by atoms with Crippen molar-refractivity contribution in [1.29, 1.82) is 0 Å². The molecule has 0 amide bonds. The number of hydrogen-bond acceptors (Lipinski definition) is 3. The molecule has 266 valence electrons. The first kappa shape index (κ1) is 37.1. The summed E-state index contributed by atoms with van der Waals surface area (Å²) in [4.78, 5) is 0. The Balaban J connectivity index is 0.000000240. The molecular formula is C51H47N3. The molecule has 0 spiro atoms. The van der Waals surface area contributed by atoms with Crippen molar-refractivity contribution in [3.63, 3.8) is 0 Å². The molecule has 54 heavy (non-hydrogen) atoms. The maximum absolute atomic E-state index is 5.29. The van der Waals surface area contributed by atoms with Gasteiger partial charge in [-0.1, -0.05) is 185 Å². The predicted molar refractivity (Wildman–Crippen MR) is 237 cm³/mol. The van der Waals surface area contributed by atoms with E-state index in [4.69, 9.17) is 11.6 Å². The molecule has 3 heteroatoms. The monoisotopic (exact) mass is 701 g/mol. The largest absolute Gasteiger partial charge is 0.404 e. The third-order valence-corrected chi connectivity index (χ3v) is 10.0. The van der Waals surface area contributed by atoms with E-state index in [-0.39, 0.29) is 5.41 Å². The van der Waals surface area contributed by atoms with Gasteiger partial charge in [-0.2, -0.15) is 0 Å². The summed E-state index contributed by atoms with van der Waals surface area (Å²) in [6.07, 6.45) is 13.7. The van der Waals surface area contributed by atoms with Crippen molar-refractivity contribution in [1.82, 2.24) is 0 Å². The summed E-state index contributed by atoms with van der Waals surface area (Å²) < 4.78 is 0. The summed E-state index contributed by atoms with van der Waals surface area (Å²) >= 11 is 0. The van der Waals surface area contributed by atoms with Crippen LogP contribution >= 0.6 is 0 Å². The molecule has 0 atom stereocenters. The van der Waals surface area contributed by atoms with Crippen molar-refractivity contribution in [2.45, 2.75) is 19.3 Å². The second-order valence-electron chi connectivity index (χ2n) is 13.6. The molecule has 0 radical (unpaired) electrons. The standard InChI is InChI=1S/C37H30.C8H9N.C6H8N2/c1-5-7-8-9-18-28-27-19-12-13-21-30(27)36(26-17-11-10-16-25(26)6-2)33-24-35-32(23-31(28)33)29-20-14-15-22-34(29)37(35,3)4;1-7-4-2-3-5-8(7)6-9;7-8-6-4-2-1-3-5-6/h5-24H,1-2H2,3-4H3;2-6H,1,9H2;1-5,8H,7H2/b8-7-,18-9-;8-6-;. The quantitative estimate of drug-likeness (QED) is 0.0700. The van der Waals surface area contributed by atoms with E-state index in [2.05, 4.69) is 136 Å². The van der Waals surface area contributed by atoms with Gasteiger partial charge in [0.05, 0.1) is 0 Å². The van der Waals surface area contributed by atoms with Crippen molar-refractivity contribution in [2.24, 2.45) is 11.6 Å². The topological polar surface area (TPSA) is 64.1 Å². The number of nitrogens with two attached hydrogens (primary N) is 2. The first-order valence-electron chi connectivity index (χ1n) is 18.1. The normalized spacial score (nSPS) is 12.8. The average molecular weight is 702 g/mol. The molecule has 0 heterocycles. The van der Waals surface area contributed by atoms with Gasteiger partial charge in [-0.25, -0.2) is 0 Å². The molecule has 0 fully saturated rings. The number of allylic oxidation sites excluding steroid dienone is 4. The van der Waals surface area contributed by atoms with E-state index in [1.54, 1.807) is 6.20 Å². The molecule has 5 N–H and O–H groups in total. The highest BCUT2D eigenvalue weighted by Gasteiger charge is 2.36. The van der Waals surface area contributed by atoms with Crippen LogP contribution in [0, 0.1) is 0 Å². The lowest BCUT2D eigenvalue weighted by Crippen LogP contribution is -2.23. The van der Waals surface area contributed by atoms with Crippen LogP contribution in [-0.4, -0.2) is 0 Å². The second kappa shape index (κ2) is 16.8. The molecule has 0 unspecified atom stereocenters. The molecule has 7 aromatic rings. The van der Waals surface area contributed by atoms with Gasteiger partial charge in [0.1, 0.15) is 0 Å². The minimum absolute atomic E-state index is 0.0658. The summed E-state index contributed by atoms with van der Waals surface area (Å²) in [5, 5.41) is 7.02. The first-order valence-corrected chi connectivity index (χ1v) is 18.1. The Morgan fingerprint density at radius 2 is 1.24 bits per heavy atom. The van der Waals surface area contributed by atoms with Gasteiger partial charge in [0, 0.05) is 17.3 Å². The Morgan fingerprint density at radius 3 is 1.91 bits per heavy atom. The minimum atomic E-state index is -0.0658. The summed E-state index contributed by atoms with van der Waals surface area (Å²) in [5.41, 5.74) is 19.0. The molecule has 1 aliphatic rings. The number of hydrazine groups is 1. The Morgan fingerprint density at radius 1 is 0.593 bits per heavy atom. The van der Waals surface area contributed by atoms with Crippen LogP contribution in [0.5, 0.6) is 0 Å². The van der Waals surface area contributed by atoms with Crippen molar-refractivity contribution in [2.75, 3.05) is 5.43 Å². The number of benzene rings is 7. The lowest BCUT2D eigenvalue weighted by molar-refractivity contribution is 0.661. The second-order valence-corrected chi connectivity index (χ2v) is 13.6. The molecule has 3 nitrogen and oxygen atoms in total. The molecule has 0 aliphatic heterocycles. The number of rotatable bonds is 6. The fourth-order valence-electron chi connectivity index (χ4n) is 7.30. The van der Waals surface area contributed by atoms with Gasteiger partial charge < -0.3 is 11.2 Å². The fourth-order valence-corrected chi connectivity index (χ4v) is 7.30. The van der Waals surface area contributed by atoms with Gasteiger partial charge in [0.2, 0.25) is 0 Å². The molecule has 0 saturated carbocycles. The lowest BCUT2D eigenvalue weighted by atomic mass is 9.80. The van der Waals surface area contributed by atoms with Gasteiger partial charge in [-0.3, -0.25) is 5.84 Å². The van der Waals surface area contributed by atoms with Crippen molar-refractivity contribution >= 4 is 52.2 Å². The maximum Gasteiger partial charge on any atom is 0.0485 e. The Kier molecular flexibility index (Phi) is 11.5. The number of nitrogen functional groups attached to an aromatic ring is 1. The zero-order chi connectivity index (χ0) is 38.1. The molecule has 0 bridgehead atoms. The van der Waals surface area contributed by atoms with Crippen LogP contribution in [0.15, 0.2) is 177 Å². The van der Waals surface area contributed by atoms with E-state index in [1.807, 2.05) is 78.9 Å². The van der Waals surface area contributed by atoms with Crippen LogP contribution in [0.1, 0.15) is 36.1 Å². The summed E-state index contributed by atoms with van der Waals surface area (Å²) in [6, 6.07) is 48.5. The van der Waals surface area contributed by atoms with E-state index in [9.17, 15) is 0 Å². The zero-order valence-corrected chi connectivity index (χ0v) is 31.1. The summed E-state index contributed by atoms with van der Waals surface area (Å²) in [6.45, 7) is 16.4. The molecule has 7 aromatic carbocycles. The fraction of sp³-hybridized carbons (Fsp3) is 0.0588.